The molecule has 0 spiro atoms. The van der Waals surface area contributed by atoms with E-state index in [1.807, 2.05) is 67.6 Å². The van der Waals surface area contributed by atoms with Crippen LogP contribution in [-0.2, 0) is 17.8 Å². The number of alkyl carbamates (subject to hydrolysis) is 1. The maximum absolute atomic E-state index is 11.9. The van der Waals surface area contributed by atoms with Crippen LogP contribution < -0.4 is 10.1 Å². The van der Waals surface area contributed by atoms with Crippen LogP contribution in [0.2, 0.25) is 0 Å². The number of aliphatic hydroxyl groups is 1. The number of amides is 1. The van der Waals surface area contributed by atoms with Gasteiger partial charge in [-0.05, 0) is 42.3 Å². The number of carbonyl (C=O) groups is 1. The number of rotatable bonds is 10. The van der Waals surface area contributed by atoms with E-state index in [1.165, 1.54) is 0 Å². The molecule has 1 aromatic heterocycles. The Morgan fingerprint density at radius 3 is 2.40 bits per heavy atom. The van der Waals surface area contributed by atoms with Crippen LogP contribution >= 0.6 is 0 Å². The summed E-state index contributed by atoms with van der Waals surface area (Å²) in [5, 5.41) is 12.9. The second-order valence-corrected chi connectivity index (χ2v) is 8.01. The number of nitrogens with one attached hydrogen (secondary N) is 1. The molecular formula is C28H28N2O5. The molecule has 4 rings (SSSR count). The minimum absolute atomic E-state index is 0.0447. The second-order valence-electron chi connectivity index (χ2n) is 8.01. The highest BCUT2D eigenvalue weighted by Gasteiger charge is 2.13. The van der Waals surface area contributed by atoms with Crippen LogP contribution in [0.15, 0.2) is 89.3 Å². The van der Waals surface area contributed by atoms with Gasteiger partial charge in [0.05, 0.1) is 24.9 Å². The van der Waals surface area contributed by atoms with Crippen molar-refractivity contribution in [1.29, 1.82) is 0 Å². The fraction of sp³-hybridized carbons (Fsp3) is 0.214. The van der Waals surface area contributed by atoms with E-state index < -0.39 is 12.2 Å². The molecule has 180 valence electrons. The number of hydrogen-bond acceptors (Lipinski definition) is 6. The first kappa shape index (κ1) is 24.0. The Kier molecular flexibility index (Phi) is 8.14. The van der Waals surface area contributed by atoms with Crippen LogP contribution in [0, 0.1) is 6.92 Å². The maximum Gasteiger partial charge on any atom is 0.407 e. The van der Waals surface area contributed by atoms with E-state index in [0.29, 0.717) is 30.2 Å². The molecule has 0 fully saturated rings. The lowest BCUT2D eigenvalue weighted by molar-refractivity contribution is 0.126. The molecule has 0 radical (unpaired) electrons. The summed E-state index contributed by atoms with van der Waals surface area (Å²) in [6.07, 6.45) is -0.824. The Hall–Kier alpha value is -4.10. The first-order chi connectivity index (χ1) is 17.1. The summed E-state index contributed by atoms with van der Waals surface area (Å²) in [6, 6.07) is 26.3. The molecule has 1 amide bonds. The van der Waals surface area contributed by atoms with Gasteiger partial charge in [0.15, 0.2) is 0 Å². The Labute approximate surface area is 204 Å². The molecule has 2 N–H and O–H groups in total. The highest BCUT2D eigenvalue weighted by Crippen LogP contribution is 2.22. The summed E-state index contributed by atoms with van der Waals surface area (Å²) in [6.45, 7) is 2.56. The van der Waals surface area contributed by atoms with Crippen LogP contribution in [0.25, 0.3) is 11.5 Å². The topological polar surface area (TPSA) is 93.8 Å². The Bertz CT molecular complexity index is 1210. The van der Waals surface area contributed by atoms with Crippen molar-refractivity contribution in [2.45, 2.75) is 26.1 Å². The van der Waals surface area contributed by atoms with E-state index in [1.54, 1.807) is 24.3 Å². The average Bonchev–Trinajstić information content (AvgIpc) is 3.28. The van der Waals surface area contributed by atoms with Gasteiger partial charge in [-0.15, -0.1) is 0 Å². The fourth-order valence-electron chi connectivity index (χ4n) is 3.49. The first-order valence-electron chi connectivity index (χ1n) is 11.5. The molecule has 3 aromatic carbocycles. The summed E-state index contributed by atoms with van der Waals surface area (Å²) in [5.74, 6) is 2.07. The van der Waals surface area contributed by atoms with Gasteiger partial charge in [0.2, 0.25) is 5.89 Å². The van der Waals surface area contributed by atoms with Crippen molar-refractivity contribution in [3.05, 3.63) is 108 Å². The number of aromatic nitrogens is 1. The third-order valence-corrected chi connectivity index (χ3v) is 5.44. The average molecular weight is 473 g/mol. The number of ether oxygens (including phenoxy) is 2. The number of aryl methyl sites for hydroxylation is 1. The van der Waals surface area contributed by atoms with Crippen molar-refractivity contribution in [3.63, 3.8) is 0 Å². The minimum Gasteiger partial charge on any atom is -0.493 e. The van der Waals surface area contributed by atoms with Crippen LogP contribution in [0.4, 0.5) is 4.79 Å². The van der Waals surface area contributed by atoms with Gasteiger partial charge >= 0.3 is 6.09 Å². The summed E-state index contributed by atoms with van der Waals surface area (Å²) in [4.78, 5) is 16.5. The van der Waals surface area contributed by atoms with Gasteiger partial charge in [-0.25, -0.2) is 9.78 Å². The number of oxazole rings is 1. The molecule has 7 heteroatoms. The van der Waals surface area contributed by atoms with Crippen LogP contribution in [0.1, 0.15) is 28.7 Å². The first-order valence-corrected chi connectivity index (χ1v) is 11.5. The fourth-order valence-corrected chi connectivity index (χ4v) is 3.49. The van der Waals surface area contributed by atoms with Crippen molar-refractivity contribution in [2.75, 3.05) is 13.2 Å². The lowest BCUT2D eigenvalue weighted by Crippen LogP contribution is -2.28. The highest BCUT2D eigenvalue weighted by atomic mass is 16.5. The molecule has 0 aliphatic carbocycles. The molecule has 7 nitrogen and oxygen atoms in total. The lowest BCUT2D eigenvalue weighted by Gasteiger charge is -2.13. The van der Waals surface area contributed by atoms with E-state index in [-0.39, 0.29) is 13.2 Å². The van der Waals surface area contributed by atoms with Crippen LogP contribution in [-0.4, -0.2) is 29.3 Å². The smallest absolute Gasteiger partial charge is 0.407 e. The summed E-state index contributed by atoms with van der Waals surface area (Å²) < 4.78 is 16.8. The number of aliphatic hydroxyl groups excluding tert-OH is 1. The Balaban J connectivity index is 1.20. The van der Waals surface area contributed by atoms with Crippen molar-refractivity contribution < 1.29 is 23.8 Å². The summed E-state index contributed by atoms with van der Waals surface area (Å²) >= 11 is 0. The Morgan fingerprint density at radius 1 is 1.00 bits per heavy atom. The predicted octanol–water partition coefficient (Wildman–Crippen LogP) is 5.23. The van der Waals surface area contributed by atoms with E-state index in [9.17, 15) is 9.90 Å². The largest absolute Gasteiger partial charge is 0.493 e. The van der Waals surface area contributed by atoms with Crippen molar-refractivity contribution in [2.24, 2.45) is 0 Å². The minimum atomic E-state index is -0.859. The number of carbonyl (C=O) groups excluding carboxylic acids is 1. The zero-order valence-corrected chi connectivity index (χ0v) is 19.5. The highest BCUT2D eigenvalue weighted by molar-refractivity contribution is 5.67. The van der Waals surface area contributed by atoms with E-state index >= 15 is 0 Å². The standard InChI is InChI=1S/C28H28N2O5/c1-20-25(30-27(35-20)23-10-6-3-7-11-23)16-17-33-24-14-12-22(13-15-24)26(31)18-29-28(32)34-19-21-8-4-2-5-9-21/h2-15,26,31H,16-19H2,1H3,(H,29,32)/t26-/m0/s1. The third-order valence-electron chi connectivity index (χ3n) is 5.44. The van der Waals surface area contributed by atoms with Gasteiger partial charge in [0.25, 0.3) is 0 Å². The molecule has 1 atom stereocenters. The monoisotopic (exact) mass is 472 g/mol. The van der Waals surface area contributed by atoms with Gasteiger partial charge < -0.3 is 24.3 Å². The lowest BCUT2D eigenvalue weighted by atomic mass is 10.1. The van der Waals surface area contributed by atoms with Crippen LogP contribution in [0.5, 0.6) is 5.75 Å². The molecule has 0 saturated carbocycles. The SMILES string of the molecule is Cc1oc(-c2ccccc2)nc1CCOc1ccc([C@@H](O)CNC(=O)OCc2ccccc2)cc1. The Morgan fingerprint density at radius 2 is 1.69 bits per heavy atom. The number of benzene rings is 3. The quantitative estimate of drug-likeness (QED) is 0.328. The molecule has 4 aromatic rings. The summed E-state index contributed by atoms with van der Waals surface area (Å²) in [7, 11) is 0. The molecule has 35 heavy (non-hydrogen) atoms. The second kappa shape index (κ2) is 11.9. The molecule has 0 aliphatic heterocycles. The summed E-state index contributed by atoms with van der Waals surface area (Å²) in [5.41, 5.74) is 3.37. The molecule has 0 bridgehead atoms. The zero-order chi connectivity index (χ0) is 24.5. The number of nitrogens with zero attached hydrogens (tertiary/aromatic N) is 1. The zero-order valence-electron chi connectivity index (χ0n) is 19.5. The third kappa shape index (κ3) is 6.94. The maximum atomic E-state index is 11.9. The molecule has 0 saturated heterocycles. The van der Waals surface area contributed by atoms with Gasteiger partial charge in [-0.3, -0.25) is 0 Å². The van der Waals surface area contributed by atoms with Gasteiger partial charge in [0.1, 0.15) is 18.1 Å². The van der Waals surface area contributed by atoms with E-state index in [4.69, 9.17) is 13.9 Å². The predicted molar refractivity (Wildman–Crippen MR) is 132 cm³/mol. The molecule has 0 unspecified atom stereocenters. The molecule has 0 aliphatic rings. The van der Waals surface area contributed by atoms with E-state index in [2.05, 4.69) is 10.3 Å². The van der Waals surface area contributed by atoms with Crippen molar-refractivity contribution >= 4 is 6.09 Å². The van der Waals surface area contributed by atoms with Gasteiger partial charge in [0, 0.05) is 12.0 Å². The molecule has 1 heterocycles. The van der Waals surface area contributed by atoms with Crippen LogP contribution in [0.3, 0.4) is 0 Å². The number of hydrogen-bond donors (Lipinski definition) is 2. The normalized spacial score (nSPS) is 11.6. The van der Waals surface area contributed by atoms with Crippen molar-refractivity contribution in [1.82, 2.24) is 10.3 Å². The van der Waals surface area contributed by atoms with Gasteiger partial charge in [-0.1, -0.05) is 60.7 Å². The van der Waals surface area contributed by atoms with Gasteiger partial charge in [-0.2, -0.15) is 0 Å². The molecular weight excluding hydrogens is 444 g/mol. The van der Waals surface area contributed by atoms with Crippen molar-refractivity contribution in [3.8, 4) is 17.2 Å². The van der Waals surface area contributed by atoms with E-state index in [0.717, 1.165) is 22.6 Å².